The third-order valence-electron chi connectivity index (χ3n) is 9.22. The largest absolute Gasteiger partial charge is 0.485 e. The molecule has 0 N–H and O–H groups in total. The molecule has 2 fully saturated rings. The minimum atomic E-state index is -0.226. The Morgan fingerprint density at radius 3 is 2.74 bits per heavy atom. The van der Waals surface area contributed by atoms with Gasteiger partial charge in [-0.3, -0.25) is 4.79 Å². The number of anilines is 1. The van der Waals surface area contributed by atoms with Gasteiger partial charge in [-0.05, 0) is 62.4 Å². The zero-order chi connectivity index (χ0) is 30.1. The summed E-state index contributed by atoms with van der Waals surface area (Å²) >= 11 is 6.72. The molecule has 3 aromatic rings. The van der Waals surface area contributed by atoms with E-state index in [-0.39, 0.29) is 30.5 Å². The van der Waals surface area contributed by atoms with E-state index in [2.05, 4.69) is 46.5 Å². The van der Waals surface area contributed by atoms with Gasteiger partial charge in [-0.25, -0.2) is 6.57 Å². The molecule has 0 saturated carbocycles. The van der Waals surface area contributed by atoms with Crippen molar-refractivity contribution in [2.75, 3.05) is 51.8 Å². The van der Waals surface area contributed by atoms with Crippen molar-refractivity contribution in [3.63, 3.8) is 0 Å². The van der Waals surface area contributed by atoms with Crippen molar-refractivity contribution in [3.05, 3.63) is 76.8 Å². The number of likely N-dealkylation sites (N-methyl/N-ethyl adjacent to an activating group) is 2. The lowest BCUT2D eigenvalue weighted by Crippen LogP contribution is -2.46. The molecule has 2 aromatic carbocycles. The van der Waals surface area contributed by atoms with E-state index in [0.29, 0.717) is 61.2 Å². The lowest BCUT2D eigenvalue weighted by Gasteiger charge is -2.39. The van der Waals surface area contributed by atoms with Crippen LogP contribution in [0, 0.1) is 6.57 Å². The van der Waals surface area contributed by atoms with E-state index in [1.165, 1.54) is 6.08 Å². The van der Waals surface area contributed by atoms with Gasteiger partial charge in [-0.1, -0.05) is 48.5 Å². The van der Waals surface area contributed by atoms with Crippen molar-refractivity contribution < 1.29 is 14.3 Å². The van der Waals surface area contributed by atoms with Gasteiger partial charge in [-0.2, -0.15) is 9.97 Å². The zero-order valence-electron chi connectivity index (χ0n) is 24.7. The molecule has 1 aromatic heterocycles. The van der Waals surface area contributed by atoms with Crippen molar-refractivity contribution in [1.29, 1.82) is 0 Å². The zero-order valence-corrected chi connectivity index (χ0v) is 25.5. The molecule has 10 heteroatoms. The number of ether oxygens (including phenoxy) is 2. The van der Waals surface area contributed by atoms with Gasteiger partial charge in [0.15, 0.2) is 11.6 Å². The Morgan fingerprint density at radius 2 is 2.00 bits per heavy atom. The first-order chi connectivity index (χ1) is 20.9. The van der Waals surface area contributed by atoms with Gasteiger partial charge in [-0.15, -0.1) is 0 Å². The monoisotopic (exact) mass is 600 g/mol. The van der Waals surface area contributed by atoms with E-state index < -0.39 is 0 Å². The van der Waals surface area contributed by atoms with Crippen LogP contribution in [0.15, 0.2) is 49.1 Å². The highest BCUT2D eigenvalue weighted by Gasteiger charge is 2.39. The molecule has 1 amide bonds. The van der Waals surface area contributed by atoms with E-state index in [0.717, 1.165) is 41.4 Å². The fourth-order valence-corrected chi connectivity index (χ4v) is 7.11. The fourth-order valence-electron chi connectivity index (χ4n) is 6.82. The van der Waals surface area contributed by atoms with Gasteiger partial charge >= 0.3 is 6.01 Å². The van der Waals surface area contributed by atoms with E-state index in [1.54, 1.807) is 4.90 Å². The Labute approximate surface area is 257 Å². The highest BCUT2D eigenvalue weighted by atomic mass is 35.5. The van der Waals surface area contributed by atoms with E-state index in [9.17, 15) is 4.79 Å². The lowest BCUT2D eigenvalue weighted by molar-refractivity contribution is -0.129. The van der Waals surface area contributed by atoms with Gasteiger partial charge in [0.05, 0.1) is 11.7 Å². The number of hydrogen-bond donors (Lipinski definition) is 0. The number of amides is 1. The normalized spacial score (nSPS) is 23.9. The fraction of sp³-hybridized carbons (Fsp3) is 0.455. The molecule has 6 rings (SSSR count). The average Bonchev–Trinajstić information content (AvgIpc) is 3.44. The summed E-state index contributed by atoms with van der Waals surface area (Å²) in [6, 6.07) is 12.4. The first-order valence-electron chi connectivity index (χ1n) is 14.9. The quantitative estimate of drug-likeness (QED) is 0.262. The number of fused-ring (bicyclic) bond motifs is 2. The van der Waals surface area contributed by atoms with Gasteiger partial charge in [0, 0.05) is 36.0 Å². The standard InChI is InChI=1S/C33H37ClN6O3/c1-5-28(41)40-16-14-22(17-24(40)18-35-2)30-31-32(37-33(36-30)43-19-23-11-8-15-38(23)3)39(4)27(20-42-31)25-12-6-9-21-10-7-13-26(34)29(21)25/h5-7,9-10,12-13,22-24,27H,1,8,11,14-20H2,3-4H3/t22?,23-,24+,27?/m0/s1. The van der Waals surface area contributed by atoms with Crippen LogP contribution in [-0.2, 0) is 4.79 Å². The topological polar surface area (TPSA) is 75.4 Å². The number of carbonyl (C=O) groups is 1. The molecule has 2 unspecified atom stereocenters. The number of benzene rings is 2. The van der Waals surface area contributed by atoms with Crippen LogP contribution in [0.25, 0.3) is 15.6 Å². The second kappa shape index (κ2) is 12.4. The minimum Gasteiger partial charge on any atom is -0.485 e. The Hall–Kier alpha value is -3.87. The van der Waals surface area contributed by atoms with Crippen molar-refractivity contribution in [1.82, 2.24) is 19.8 Å². The number of piperidine rings is 1. The molecule has 3 aliphatic heterocycles. The molecule has 43 heavy (non-hydrogen) atoms. The van der Waals surface area contributed by atoms with E-state index in [1.807, 2.05) is 25.2 Å². The van der Waals surface area contributed by atoms with Gasteiger partial charge in [0.25, 0.3) is 0 Å². The maximum atomic E-state index is 12.6. The van der Waals surface area contributed by atoms with Crippen LogP contribution in [0.3, 0.4) is 0 Å². The molecule has 0 bridgehead atoms. The van der Waals surface area contributed by atoms with Gasteiger partial charge in [0.1, 0.15) is 19.3 Å². The second-order valence-electron chi connectivity index (χ2n) is 11.7. The number of rotatable bonds is 7. The smallest absolute Gasteiger partial charge is 0.318 e. The minimum absolute atomic E-state index is 0.0224. The highest BCUT2D eigenvalue weighted by Crippen LogP contribution is 2.46. The SMILES string of the molecule is [C-]#[N+]C[C@H]1CC(c2nc(OC[C@@H]3CCCN3C)nc3c2OCC(c2cccc4cccc(Cl)c24)N3C)CCN1C(=O)C=C. The molecule has 0 spiro atoms. The molecular formula is C33H37ClN6O3. The molecule has 3 aliphatic rings. The number of nitrogens with zero attached hydrogens (tertiary/aromatic N) is 6. The summed E-state index contributed by atoms with van der Waals surface area (Å²) in [5, 5.41) is 2.78. The Kier molecular flexibility index (Phi) is 8.42. The van der Waals surface area contributed by atoms with E-state index in [4.69, 9.17) is 37.6 Å². The molecule has 2 saturated heterocycles. The van der Waals surface area contributed by atoms with Crippen molar-refractivity contribution >= 4 is 34.1 Å². The van der Waals surface area contributed by atoms with Crippen LogP contribution in [0.5, 0.6) is 11.8 Å². The summed E-state index contributed by atoms with van der Waals surface area (Å²) < 4.78 is 12.8. The molecule has 4 atom stereocenters. The predicted molar refractivity (Wildman–Crippen MR) is 168 cm³/mol. The average molecular weight is 601 g/mol. The van der Waals surface area contributed by atoms with Crippen LogP contribution in [0.2, 0.25) is 5.02 Å². The summed E-state index contributed by atoms with van der Waals surface area (Å²) in [5.74, 6) is 1.15. The van der Waals surface area contributed by atoms with Crippen LogP contribution in [0.4, 0.5) is 5.82 Å². The third-order valence-corrected chi connectivity index (χ3v) is 9.54. The maximum absolute atomic E-state index is 12.6. The highest BCUT2D eigenvalue weighted by molar-refractivity contribution is 6.35. The Bertz CT molecular complexity index is 1570. The van der Waals surface area contributed by atoms with Gasteiger partial charge < -0.3 is 29.0 Å². The molecule has 9 nitrogen and oxygen atoms in total. The molecule has 224 valence electrons. The van der Waals surface area contributed by atoms with Crippen LogP contribution >= 0.6 is 11.6 Å². The first kappa shape index (κ1) is 29.2. The van der Waals surface area contributed by atoms with E-state index >= 15 is 0 Å². The van der Waals surface area contributed by atoms with Crippen LogP contribution in [-0.4, -0.2) is 84.7 Å². The number of halogens is 1. The van der Waals surface area contributed by atoms with Crippen molar-refractivity contribution in [3.8, 4) is 11.8 Å². The van der Waals surface area contributed by atoms with Crippen LogP contribution < -0.4 is 14.4 Å². The van der Waals surface area contributed by atoms with Crippen molar-refractivity contribution in [2.24, 2.45) is 0 Å². The summed E-state index contributed by atoms with van der Waals surface area (Å²) in [4.78, 5) is 32.3. The molecule has 4 heterocycles. The Morgan fingerprint density at radius 1 is 1.19 bits per heavy atom. The lowest BCUT2D eigenvalue weighted by atomic mass is 9.87. The predicted octanol–water partition coefficient (Wildman–Crippen LogP) is 5.51. The summed E-state index contributed by atoms with van der Waals surface area (Å²) in [7, 11) is 4.15. The van der Waals surface area contributed by atoms with Crippen molar-refractivity contribution in [2.45, 2.75) is 49.7 Å². The summed E-state index contributed by atoms with van der Waals surface area (Å²) in [6.45, 7) is 13.9. The summed E-state index contributed by atoms with van der Waals surface area (Å²) in [5.41, 5.74) is 1.85. The number of hydrogen-bond acceptors (Lipinski definition) is 7. The number of likely N-dealkylation sites (tertiary alicyclic amines) is 2. The number of carbonyl (C=O) groups excluding carboxylic acids is 1. The van der Waals surface area contributed by atoms with Gasteiger partial charge in [0.2, 0.25) is 12.5 Å². The maximum Gasteiger partial charge on any atom is 0.318 e. The Balaban J connectivity index is 1.37. The second-order valence-corrected chi connectivity index (χ2v) is 12.1. The summed E-state index contributed by atoms with van der Waals surface area (Å²) in [6.07, 6.45) is 4.85. The number of aromatic nitrogens is 2. The first-order valence-corrected chi connectivity index (χ1v) is 15.3. The third kappa shape index (κ3) is 5.62. The molecule has 0 radical (unpaired) electrons. The molecular weight excluding hydrogens is 564 g/mol. The van der Waals surface area contributed by atoms with Crippen LogP contribution in [0.1, 0.15) is 48.9 Å². The molecule has 0 aliphatic carbocycles.